The lowest BCUT2D eigenvalue weighted by atomic mass is 9.88. The molecule has 3 saturated heterocycles. The van der Waals surface area contributed by atoms with Crippen LogP contribution in [0.25, 0.3) is 0 Å². The number of hydrogen-bond acceptors (Lipinski definition) is 10. The second-order valence-electron chi connectivity index (χ2n) is 13.8. The number of halogens is 3. The summed E-state index contributed by atoms with van der Waals surface area (Å²) in [5, 5.41) is 0. The van der Waals surface area contributed by atoms with Crippen molar-refractivity contribution in [1.29, 1.82) is 0 Å². The Morgan fingerprint density at radius 3 is 2.35 bits per heavy atom. The molecule has 0 radical (unpaired) electrons. The Bertz CT molecular complexity index is 1730. The molecule has 280 valence electrons. The quantitative estimate of drug-likeness (QED) is 0.239. The number of thioether (sulfide) groups is 1. The van der Waals surface area contributed by atoms with Gasteiger partial charge in [-0.1, -0.05) is 25.1 Å². The molecule has 2 N–H and O–H groups in total. The van der Waals surface area contributed by atoms with Crippen LogP contribution in [0.4, 0.5) is 13.2 Å². The van der Waals surface area contributed by atoms with Crippen molar-refractivity contribution in [3.05, 3.63) is 100 Å². The van der Waals surface area contributed by atoms with Crippen LogP contribution in [0.3, 0.4) is 0 Å². The number of carbonyl (C=O) groups is 2. The molecule has 0 amide bonds. The van der Waals surface area contributed by atoms with Gasteiger partial charge in [-0.2, -0.15) is 0 Å². The molecule has 3 aromatic carbocycles. The highest BCUT2D eigenvalue weighted by molar-refractivity contribution is 7.99. The van der Waals surface area contributed by atoms with Crippen LogP contribution < -0.4 is 10.5 Å². The first-order chi connectivity index (χ1) is 24.9. The second-order valence-corrected chi connectivity index (χ2v) is 14.8. The molecule has 3 fully saturated rings. The van der Waals surface area contributed by atoms with E-state index in [1.807, 2.05) is 37.4 Å². The fourth-order valence-corrected chi connectivity index (χ4v) is 8.35. The first kappa shape index (κ1) is 38.1. The van der Waals surface area contributed by atoms with Gasteiger partial charge in [0.1, 0.15) is 53.1 Å². The van der Waals surface area contributed by atoms with Gasteiger partial charge >= 0.3 is 11.9 Å². The molecular formula is C39H45F3N2O7S. The number of carbonyl (C=O) groups excluding carboxylic acids is 2. The number of nitrogens with zero attached hydrogens (tertiary/aromatic N) is 1. The average Bonchev–Trinajstić information content (AvgIpc) is 3.58. The fraction of sp³-hybridized carbons (Fsp3) is 0.487. The van der Waals surface area contributed by atoms with Crippen molar-refractivity contribution in [3.63, 3.8) is 0 Å². The van der Waals surface area contributed by atoms with Crippen LogP contribution in [-0.4, -0.2) is 78.6 Å². The van der Waals surface area contributed by atoms with Crippen LogP contribution in [0.5, 0.6) is 5.75 Å². The minimum absolute atomic E-state index is 0.0374. The van der Waals surface area contributed by atoms with Gasteiger partial charge in [-0.25, -0.2) is 13.2 Å². The van der Waals surface area contributed by atoms with Crippen molar-refractivity contribution in [1.82, 2.24) is 4.90 Å². The molecular weight excluding hydrogens is 697 g/mol. The zero-order valence-electron chi connectivity index (χ0n) is 29.6. The average molecular weight is 743 g/mol. The van der Waals surface area contributed by atoms with Crippen LogP contribution in [0, 0.1) is 23.4 Å². The number of esters is 2. The molecule has 3 heterocycles. The summed E-state index contributed by atoms with van der Waals surface area (Å²) >= 11 is 1.46. The Labute approximate surface area is 306 Å². The standard InChI is InChI=1S/C39H45F3N2O7S/c1-21-35(48-22(2)45)38(49-23(3)46)36(51-39(21)52-4)25-7-11-32(41)26(16-25)15-24-5-9-29(10-6-24)50-30-13-14-44(19-30)28-18-34(43)37(47-20-28)31-17-27(40)8-12-33(31)42/h5-12,16-17,21,28,30,34-39H,13-15,18-20,43H2,1-4H3/t21-,28+,30+,34-,35-,36-,37+,38+,39+/m0/s1. The number of nitrogens with two attached hydrogens (primary N) is 1. The summed E-state index contributed by atoms with van der Waals surface area (Å²) < 4.78 is 73.3. The number of ether oxygens (including phenoxy) is 5. The normalized spacial score (nSPS) is 29.4. The van der Waals surface area contributed by atoms with E-state index in [0.29, 0.717) is 42.9 Å². The summed E-state index contributed by atoms with van der Waals surface area (Å²) in [5.74, 6) is -2.05. The molecule has 9 atom stereocenters. The van der Waals surface area contributed by atoms with E-state index >= 15 is 4.39 Å². The fourth-order valence-electron chi connectivity index (χ4n) is 7.54. The zero-order chi connectivity index (χ0) is 37.1. The number of hydrogen-bond donors (Lipinski definition) is 1. The van der Waals surface area contributed by atoms with Crippen LogP contribution in [0.2, 0.25) is 0 Å². The molecule has 0 saturated carbocycles. The Morgan fingerprint density at radius 1 is 0.942 bits per heavy atom. The Morgan fingerprint density at radius 2 is 1.65 bits per heavy atom. The van der Waals surface area contributed by atoms with Crippen molar-refractivity contribution in [2.24, 2.45) is 11.7 Å². The van der Waals surface area contributed by atoms with Crippen LogP contribution in [-0.2, 0) is 35.0 Å². The number of likely N-dealkylation sites (tertiary alicyclic amines) is 1. The molecule has 3 aromatic rings. The van der Waals surface area contributed by atoms with Crippen LogP contribution >= 0.6 is 11.8 Å². The van der Waals surface area contributed by atoms with Gasteiger partial charge in [0.15, 0.2) is 6.10 Å². The molecule has 6 rings (SSSR count). The summed E-state index contributed by atoms with van der Waals surface area (Å²) in [6, 6.07) is 15.1. The third kappa shape index (κ3) is 8.77. The summed E-state index contributed by atoms with van der Waals surface area (Å²) in [5.41, 5.74) is 8.09. The molecule has 52 heavy (non-hydrogen) atoms. The van der Waals surface area contributed by atoms with E-state index in [9.17, 15) is 18.4 Å². The predicted molar refractivity (Wildman–Crippen MR) is 189 cm³/mol. The van der Waals surface area contributed by atoms with E-state index in [4.69, 9.17) is 29.4 Å². The van der Waals surface area contributed by atoms with Crippen molar-refractivity contribution in [3.8, 4) is 5.75 Å². The first-order valence-corrected chi connectivity index (χ1v) is 18.8. The van der Waals surface area contributed by atoms with Crippen molar-refractivity contribution in [2.75, 3.05) is 26.0 Å². The highest BCUT2D eigenvalue weighted by Crippen LogP contribution is 2.42. The third-order valence-corrected chi connectivity index (χ3v) is 11.1. The van der Waals surface area contributed by atoms with Crippen molar-refractivity contribution >= 4 is 23.7 Å². The molecule has 0 bridgehead atoms. The molecule has 13 heteroatoms. The van der Waals surface area contributed by atoms with Gasteiger partial charge in [0.25, 0.3) is 0 Å². The van der Waals surface area contributed by atoms with Gasteiger partial charge in [-0.05, 0) is 78.3 Å². The molecule has 0 spiro atoms. The van der Waals surface area contributed by atoms with Gasteiger partial charge in [0.05, 0.1) is 6.61 Å². The zero-order valence-corrected chi connectivity index (χ0v) is 30.5. The lowest BCUT2D eigenvalue weighted by Gasteiger charge is -2.44. The lowest BCUT2D eigenvalue weighted by molar-refractivity contribution is -0.211. The first-order valence-electron chi connectivity index (χ1n) is 17.5. The molecule has 3 aliphatic heterocycles. The molecule has 3 aliphatic rings. The molecule has 0 unspecified atom stereocenters. The van der Waals surface area contributed by atoms with E-state index in [0.717, 1.165) is 36.7 Å². The van der Waals surface area contributed by atoms with E-state index < -0.39 is 54.0 Å². The second kappa shape index (κ2) is 16.6. The van der Waals surface area contributed by atoms with Gasteiger partial charge in [-0.15, -0.1) is 11.8 Å². The summed E-state index contributed by atoms with van der Waals surface area (Å²) in [6.45, 7) is 6.30. The smallest absolute Gasteiger partial charge is 0.303 e. The van der Waals surface area contributed by atoms with Gasteiger partial charge < -0.3 is 29.4 Å². The monoisotopic (exact) mass is 742 g/mol. The Hall–Kier alpha value is -3.62. The van der Waals surface area contributed by atoms with Crippen LogP contribution in [0.1, 0.15) is 68.1 Å². The van der Waals surface area contributed by atoms with E-state index in [2.05, 4.69) is 4.90 Å². The predicted octanol–water partition coefficient (Wildman–Crippen LogP) is 6.27. The molecule has 0 aliphatic carbocycles. The highest BCUT2D eigenvalue weighted by atomic mass is 32.2. The SMILES string of the molecule is CS[C@H]1O[C@@H](c2ccc(F)c(Cc3ccc(O[C@@H]4CCN([C@H]5CO[C@H](c6cc(F)ccc6F)[C@@H](N)C5)C4)cc3)c2)[C@H](OC(C)=O)[C@@H](OC(C)=O)[C@@H]1C. The Kier molecular flexibility index (Phi) is 12.2. The molecule has 0 aromatic heterocycles. The van der Waals surface area contributed by atoms with E-state index in [-0.39, 0.29) is 34.9 Å². The third-order valence-electron chi connectivity index (χ3n) is 10.1. The maximum Gasteiger partial charge on any atom is 0.303 e. The highest BCUT2D eigenvalue weighted by Gasteiger charge is 2.48. The largest absolute Gasteiger partial charge is 0.489 e. The van der Waals surface area contributed by atoms with Crippen molar-refractivity contribution in [2.45, 2.75) is 88.1 Å². The number of benzene rings is 3. The summed E-state index contributed by atoms with van der Waals surface area (Å²) in [6.07, 6.45) is 0.371. The minimum atomic E-state index is -0.912. The Balaban J connectivity index is 1.07. The molecule has 9 nitrogen and oxygen atoms in total. The van der Waals surface area contributed by atoms with Gasteiger partial charge in [0.2, 0.25) is 0 Å². The minimum Gasteiger partial charge on any atom is -0.489 e. The summed E-state index contributed by atoms with van der Waals surface area (Å²) in [4.78, 5) is 26.4. The van der Waals surface area contributed by atoms with E-state index in [1.54, 1.807) is 12.1 Å². The van der Waals surface area contributed by atoms with Crippen molar-refractivity contribution < 1.29 is 46.4 Å². The van der Waals surface area contributed by atoms with E-state index in [1.165, 1.54) is 31.7 Å². The number of rotatable bonds is 10. The maximum atomic E-state index is 15.2. The maximum absolute atomic E-state index is 15.2. The van der Waals surface area contributed by atoms with Crippen LogP contribution in [0.15, 0.2) is 60.7 Å². The lowest BCUT2D eigenvalue weighted by Crippen LogP contribution is -2.52. The summed E-state index contributed by atoms with van der Waals surface area (Å²) in [7, 11) is 0. The topological polar surface area (TPSA) is 110 Å². The van der Waals surface area contributed by atoms with Gasteiger partial charge in [0, 0.05) is 56.9 Å². The van der Waals surface area contributed by atoms with Gasteiger partial charge in [-0.3, -0.25) is 14.5 Å².